The number of hydrogen-bond acceptors (Lipinski definition) is 5. The van der Waals surface area contributed by atoms with Crippen LogP contribution in [0.2, 0.25) is 0 Å². The van der Waals surface area contributed by atoms with Crippen molar-refractivity contribution in [1.29, 1.82) is 0 Å². The maximum absolute atomic E-state index is 9.81. The van der Waals surface area contributed by atoms with Gasteiger partial charge in [-0.25, -0.2) is 9.59 Å². The summed E-state index contributed by atoms with van der Waals surface area (Å²) in [6, 6.07) is 0. The number of aliphatic carboxylic acids is 1. The molecule has 0 saturated carbocycles. The summed E-state index contributed by atoms with van der Waals surface area (Å²) >= 11 is 0. The van der Waals surface area contributed by atoms with Gasteiger partial charge < -0.3 is 19.8 Å². The molecule has 0 aromatic heterocycles. The second kappa shape index (κ2) is 5.69. The van der Waals surface area contributed by atoms with E-state index >= 15 is 0 Å². The van der Waals surface area contributed by atoms with Crippen molar-refractivity contribution in [2.45, 2.75) is 0 Å². The van der Waals surface area contributed by atoms with Crippen LogP contribution < -0.4 is 0 Å². The Hall–Kier alpha value is -0.0751. The Kier molecular flexibility index (Phi) is 7.16. The Morgan fingerprint density at radius 3 is 1.80 bits per heavy atom. The number of carboxylic acid groups (broad SMARTS) is 1. The molecule has 8 heteroatoms. The normalized spacial score (nSPS) is 7.40. The van der Waals surface area contributed by atoms with Gasteiger partial charge in [0.05, 0.1) is 0 Å². The van der Waals surface area contributed by atoms with Gasteiger partial charge in [-0.05, 0) is 0 Å². The van der Waals surface area contributed by atoms with E-state index < -0.39 is 19.3 Å². The van der Waals surface area contributed by atoms with Gasteiger partial charge in [-0.1, -0.05) is 0 Å². The third-order valence-corrected chi connectivity index (χ3v) is 0.387. The van der Waals surface area contributed by atoms with Gasteiger partial charge in [-0.2, -0.15) is 0 Å². The van der Waals surface area contributed by atoms with Gasteiger partial charge >= 0.3 is 48.8 Å². The zero-order chi connectivity index (χ0) is 7.44. The molecule has 0 fully saturated rings. The third-order valence-electron chi connectivity index (χ3n) is 0.387. The molecular formula is C2H4BNaO6. The molecule has 0 atom stereocenters. The molecule has 0 heterocycles. The summed E-state index contributed by atoms with van der Waals surface area (Å²) in [5, 5.41) is 23.4. The zero-order valence-electron chi connectivity index (χ0n) is 4.14. The first-order valence-corrected chi connectivity index (χ1v) is 1.84. The summed E-state index contributed by atoms with van der Waals surface area (Å²) < 4.78 is 3.38. The minimum absolute atomic E-state index is 0. The van der Waals surface area contributed by atoms with Gasteiger partial charge in [0.15, 0.2) is 0 Å². The third kappa shape index (κ3) is 6.05. The van der Waals surface area contributed by atoms with Crippen LogP contribution in [0.15, 0.2) is 0 Å². The van der Waals surface area contributed by atoms with Gasteiger partial charge in [-0.3, -0.25) is 0 Å². The fraction of sp³-hybridized carbons (Fsp3) is 0. The molecule has 6 nitrogen and oxygen atoms in total. The number of hydrogen-bond donors (Lipinski definition) is 3. The Labute approximate surface area is 78.3 Å². The summed E-state index contributed by atoms with van der Waals surface area (Å²) in [5.41, 5.74) is 0. The van der Waals surface area contributed by atoms with E-state index in [2.05, 4.69) is 4.65 Å². The minimum atomic E-state index is -2.37. The molecule has 0 radical (unpaired) electrons. The first-order valence-electron chi connectivity index (χ1n) is 1.84. The van der Waals surface area contributed by atoms with Gasteiger partial charge in [0.1, 0.15) is 0 Å². The number of carboxylic acids is 1. The van der Waals surface area contributed by atoms with Crippen molar-refractivity contribution >= 4 is 48.8 Å². The van der Waals surface area contributed by atoms with E-state index in [0.29, 0.717) is 0 Å². The van der Waals surface area contributed by atoms with Gasteiger partial charge in [0.25, 0.3) is 0 Å². The maximum atomic E-state index is 9.81. The molecule has 0 rings (SSSR count). The van der Waals surface area contributed by atoms with Crippen molar-refractivity contribution in [3.05, 3.63) is 0 Å². The standard InChI is InChI=1S/C2H3BO6.Na.H/c4-1(5)2(6)9-3(7)8;;/h7-8H,(H,4,5);;. The van der Waals surface area contributed by atoms with Gasteiger partial charge in [0.2, 0.25) is 0 Å². The van der Waals surface area contributed by atoms with E-state index in [4.69, 9.17) is 15.2 Å². The molecule has 0 saturated heterocycles. The molecule has 0 spiro atoms. The van der Waals surface area contributed by atoms with Crippen molar-refractivity contribution in [1.82, 2.24) is 0 Å². The number of carbonyl (C=O) groups excluding carboxylic acids is 1. The second-order valence-electron chi connectivity index (χ2n) is 1.04. The van der Waals surface area contributed by atoms with Crippen LogP contribution in [0.4, 0.5) is 0 Å². The Bertz CT molecular complexity index is 134. The average Bonchev–Trinajstić information content (AvgIpc) is 1.63. The molecule has 0 amide bonds. The fourth-order valence-corrected chi connectivity index (χ4v) is 0.146. The molecule has 0 aliphatic carbocycles. The van der Waals surface area contributed by atoms with Crippen LogP contribution in [0.1, 0.15) is 0 Å². The number of carbonyl (C=O) groups is 2. The van der Waals surface area contributed by atoms with Crippen LogP contribution in [-0.2, 0) is 14.2 Å². The van der Waals surface area contributed by atoms with Gasteiger partial charge in [-0.15, -0.1) is 0 Å². The van der Waals surface area contributed by atoms with Crippen LogP contribution >= 0.6 is 0 Å². The SMILES string of the molecule is O=C(O)C(=O)OB(O)O.[NaH]. The van der Waals surface area contributed by atoms with E-state index in [9.17, 15) is 9.59 Å². The Balaban J connectivity index is 0. The van der Waals surface area contributed by atoms with Crippen LogP contribution in [0, 0.1) is 0 Å². The molecule has 0 unspecified atom stereocenters. The second-order valence-corrected chi connectivity index (χ2v) is 1.04. The van der Waals surface area contributed by atoms with Crippen molar-refractivity contribution in [3.63, 3.8) is 0 Å². The Morgan fingerprint density at radius 2 is 1.70 bits per heavy atom. The quantitative estimate of drug-likeness (QED) is 0.276. The van der Waals surface area contributed by atoms with E-state index in [1.807, 2.05) is 0 Å². The van der Waals surface area contributed by atoms with Crippen molar-refractivity contribution in [2.24, 2.45) is 0 Å². The summed E-state index contributed by atoms with van der Waals surface area (Å²) in [6.07, 6.45) is 0. The zero-order valence-corrected chi connectivity index (χ0v) is 4.14. The topological polar surface area (TPSA) is 104 Å². The van der Waals surface area contributed by atoms with Crippen LogP contribution in [0.25, 0.3) is 0 Å². The molecule has 52 valence electrons. The summed E-state index contributed by atoms with van der Waals surface area (Å²) in [4.78, 5) is 19.3. The molecule has 0 aliphatic rings. The van der Waals surface area contributed by atoms with Gasteiger partial charge in [0, 0.05) is 0 Å². The first-order chi connectivity index (χ1) is 4.04. The summed E-state index contributed by atoms with van der Waals surface area (Å²) in [7, 11) is -2.37. The first kappa shape index (κ1) is 12.6. The molecule has 0 aromatic carbocycles. The van der Waals surface area contributed by atoms with Crippen molar-refractivity contribution in [3.8, 4) is 0 Å². The number of rotatable bonds is 1. The molecule has 0 aromatic rings. The average molecular weight is 158 g/mol. The van der Waals surface area contributed by atoms with E-state index in [0.717, 1.165) is 0 Å². The molecule has 0 aliphatic heterocycles. The predicted molar refractivity (Wildman–Crippen MR) is 31.1 cm³/mol. The Morgan fingerprint density at radius 1 is 1.30 bits per heavy atom. The fourth-order valence-electron chi connectivity index (χ4n) is 0.146. The van der Waals surface area contributed by atoms with E-state index in [1.54, 1.807) is 0 Å². The molecular weight excluding hydrogens is 154 g/mol. The molecule has 3 N–H and O–H groups in total. The van der Waals surface area contributed by atoms with Crippen molar-refractivity contribution in [2.75, 3.05) is 0 Å². The monoisotopic (exact) mass is 158 g/mol. The van der Waals surface area contributed by atoms with E-state index in [1.165, 1.54) is 0 Å². The van der Waals surface area contributed by atoms with Crippen LogP contribution in [0.3, 0.4) is 0 Å². The summed E-state index contributed by atoms with van der Waals surface area (Å²) in [5.74, 6) is -3.58. The van der Waals surface area contributed by atoms with Crippen molar-refractivity contribution < 1.29 is 29.4 Å². The molecule has 0 bridgehead atoms. The predicted octanol–water partition coefficient (Wildman–Crippen LogP) is -3.06. The van der Waals surface area contributed by atoms with Crippen LogP contribution in [-0.4, -0.2) is 64.0 Å². The molecule has 10 heavy (non-hydrogen) atoms. The summed E-state index contributed by atoms with van der Waals surface area (Å²) in [6.45, 7) is 0. The van der Waals surface area contributed by atoms with Crippen LogP contribution in [0.5, 0.6) is 0 Å². The van der Waals surface area contributed by atoms with E-state index in [-0.39, 0.29) is 29.6 Å².